The van der Waals surface area contributed by atoms with E-state index in [9.17, 15) is 77.3 Å². The minimum atomic E-state index is -5.10. The SMILES string of the molecule is CC(C)[C@@H]1NC(=O)[C@H](Cc2ccc(OP(=O)(O)O)cc2)NC(=O)[C@H](CCCNC(=N)N)NC(=O)[C@H](CCCNC(=N)N)NC(=O)[C@@H]2CCCN2C(=O)[C@H]2CCCN2C(=O)[C@@H](C)NC(=O)[C@H](C)NC(=O)[C@H](Cc2ccccc2)NC(=O)[C@H](CC(=O)NCCOCCOCC(=O)N[C@@H](CCCCNC(=O)c2ccc3c(c2)C(=O)OC32c3ccc4cc(O)ccc4c3Oc3c2ccc2cc(O)ccc32)C(N)=O)NC1=O. The number of aromatic hydroxyl groups is 2. The maximum absolute atomic E-state index is 15.2. The lowest BCUT2D eigenvalue weighted by Crippen LogP contribution is -2.62. The lowest BCUT2D eigenvalue weighted by Gasteiger charge is -2.37. The molecule has 3 saturated heterocycles. The average Bonchev–Trinajstić information content (AvgIpc) is 1.48. The maximum Gasteiger partial charge on any atom is 0.524 e. The van der Waals surface area contributed by atoms with Crippen molar-refractivity contribution >= 4 is 130 Å². The second-order valence-corrected chi connectivity index (χ2v) is 36.7. The van der Waals surface area contributed by atoms with Crippen LogP contribution in [0.25, 0.3) is 21.5 Å². The van der Waals surface area contributed by atoms with Gasteiger partial charge in [-0.2, -0.15) is 0 Å². The topological polar surface area (TPSA) is 689 Å². The van der Waals surface area contributed by atoms with Gasteiger partial charge in [0.15, 0.2) is 17.5 Å². The molecule has 3 fully saturated rings. The molecule has 142 heavy (non-hydrogen) atoms. The Hall–Kier alpha value is -15.1. The number of phenolic OH excluding ortho intramolecular Hbond substituents is 2. The number of rotatable bonds is 33. The molecule has 5 heterocycles. The van der Waals surface area contributed by atoms with Crippen molar-refractivity contribution in [2.45, 2.75) is 190 Å². The third-order valence-electron chi connectivity index (χ3n) is 24.8. The van der Waals surface area contributed by atoms with Gasteiger partial charge in [-0.3, -0.25) is 87.7 Å². The fraction of sp³-hybridized carbons (Fsp3) is 0.427. The number of phosphoric ester groups is 1. The van der Waals surface area contributed by atoms with Gasteiger partial charge in [-0.1, -0.05) is 74.5 Å². The molecule has 12 rings (SSSR count). The standard InChI is InChI=1S/C96H119N20O25P/c1-51(2)78-90(130)113-73(49-76(119)102-38-41-137-42-43-138-50-77(120)108-68(81(97)121)16-8-9-35-103-83(123)58-25-32-65-64(48-58)93(133)140-96(65)66-33-23-56-46-59(117)26-30-62(56)79(66)139-80-63-31-27-60(118)47-57(63)24-34-67(80)96)87(127)112-71(44-54-14-6-5-7-15-54)86(126)106-52(3)82(122)107-53(4)91(131)116-40-13-20-75(116)92(132)115-39-12-19-74(115)89(129)110-70(18-11-37-105-95(100)101)84(124)109-69(17-10-36-104-94(98)99)85(125)111-72(88(128)114-78)45-55-21-28-61(29-22-55)141-142(134,135)136/h5-7,14-15,21-34,46-48,51-53,68-75,78,117-118H,8-13,16-20,35-45,49-50H2,1-4H3,(H2,97,121)(H,102,119)(H,103,123)(H,106,126)(H,107,122)(H,108,120)(H,109,124)(H,110,129)(H,111,125)(H,112,127)(H,113,130)(H,114,128)(H4,98,99,104)(H4,100,101,105)(H2,134,135,136)/t52-,53+,68-,69-,70-,71-,72-,73-,74-,75+,78-/m0/s1. The summed E-state index contributed by atoms with van der Waals surface area (Å²) in [6.07, 6.45) is -0.261. The van der Waals surface area contributed by atoms with Crippen LogP contribution in [-0.4, -0.2) is 263 Å². The number of hydrogen-bond donors (Lipinski definition) is 22. The summed E-state index contributed by atoms with van der Waals surface area (Å²) in [6, 6.07) is 18.4. The molecule has 7 aromatic carbocycles. The molecular formula is C96H119N20O25P. The Labute approximate surface area is 815 Å². The van der Waals surface area contributed by atoms with Crippen LogP contribution < -0.4 is 95.6 Å². The third kappa shape index (κ3) is 27.3. The van der Waals surface area contributed by atoms with Crippen molar-refractivity contribution in [1.82, 2.24) is 78.9 Å². The Morgan fingerprint density at radius 3 is 1.63 bits per heavy atom. The van der Waals surface area contributed by atoms with Crippen molar-refractivity contribution in [1.29, 1.82) is 10.8 Å². The molecule has 5 aliphatic heterocycles. The summed E-state index contributed by atoms with van der Waals surface area (Å²) in [5.74, 6) is -14.1. The number of unbranched alkanes of at least 4 members (excludes halogenated alkanes) is 1. The first-order chi connectivity index (χ1) is 67.7. The monoisotopic (exact) mass is 1980 g/mol. The number of phosphoric acid groups is 1. The lowest BCUT2D eigenvalue weighted by molar-refractivity contribution is -0.148. The minimum Gasteiger partial charge on any atom is -0.508 e. The number of carbonyl (C=O) groups excluding carboxylic acids is 15. The van der Waals surface area contributed by atoms with Crippen molar-refractivity contribution in [2.24, 2.45) is 23.1 Å². The molecule has 758 valence electrons. The fourth-order valence-corrected chi connectivity index (χ4v) is 18.1. The molecule has 0 unspecified atom stereocenters. The second kappa shape index (κ2) is 48.2. The second-order valence-electron chi connectivity index (χ2n) is 35.6. The number of fused-ring (bicyclic) bond motifs is 12. The van der Waals surface area contributed by atoms with E-state index in [1.807, 2.05) is 0 Å². The Bertz CT molecular complexity index is 5900. The summed E-state index contributed by atoms with van der Waals surface area (Å²) in [6.45, 7) is 4.58. The number of primary amides is 1. The zero-order valence-electron chi connectivity index (χ0n) is 78.5. The largest absolute Gasteiger partial charge is 0.524 e. The van der Waals surface area contributed by atoms with E-state index in [-0.39, 0.29) is 144 Å². The van der Waals surface area contributed by atoms with E-state index in [2.05, 4.69) is 69.1 Å². The number of nitrogens with zero attached hydrogens (tertiary/aromatic N) is 2. The average molecular weight is 1980 g/mol. The lowest BCUT2D eigenvalue weighted by atomic mass is 9.76. The van der Waals surface area contributed by atoms with Crippen LogP contribution in [-0.2, 0) is 99.5 Å². The zero-order chi connectivity index (χ0) is 102. The summed E-state index contributed by atoms with van der Waals surface area (Å²) in [5.41, 5.74) is 17.7. The van der Waals surface area contributed by atoms with E-state index in [0.717, 1.165) is 12.1 Å². The summed E-state index contributed by atoms with van der Waals surface area (Å²) >= 11 is 0. The van der Waals surface area contributed by atoms with Gasteiger partial charge in [-0.25, -0.2) is 9.36 Å². The Kier molecular flexibility index (Phi) is 35.9. The van der Waals surface area contributed by atoms with Gasteiger partial charge in [-0.05, 0) is 185 Å². The molecule has 7 aromatic rings. The predicted molar refractivity (Wildman–Crippen MR) is 512 cm³/mol. The smallest absolute Gasteiger partial charge is 0.508 e. The van der Waals surface area contributed by atoms with E-state index >= 15 is 19.2 Å². The number of benzene rings is 7. The van der Waals surface area contributed by atoms with Crippen LogP contribution in [0.4, 0.5) is 0 Å². The number of nitrogens with two attached hydrogens (primary N) is 3. The molecular weight excluding hydrogens is 1860 g/mol. The Balaban J connectivity index is 0.700. The first-order valence-electron chi connectivity index (χ1n) is 46.7. The van der Waals surface area contributed by atoms with E-state index in [4.69, 9.17) is 51.5 Å². The van der Waals surface area contributed by atoms with Crippen LogP contribution in [0.3, 0.4) is 0 Å². The number of carbonyl (C=O) groups is 15. The zero-order valence-corrected chi connectivity index (χ0v) is 79.4. The molecule has 14 amide bonds. The number of esters is 1. The highest BCUT2D eigenvalue weighted by molar-refractivity contribution is 7.46. The summed E-state index contributed by atoms with van der Waals surface area (Å²) in [5, 5.41) is 73.1. The number of phenols is 2. The highest BCUT2D eigenvalue weighted by Crippen LogP contribution is 2.59. The predicted octanol–water partition coefficient (Wildman–Crippen LogP) is 0.435. The van der Waals surface area contributed by atoms with Crippen LogP contribution in [0.2, 0.25) is 0 Å². The van der Waals surface area contributed by atoms with Gasteiger partial charge in [0.2, 0.25) is 76.8 Å². The summed E-state index contributed by atoms with van der Waals surface area (Å²) in [7, 11) is -5.10. The fourth-order valence-electron chi connectivity index (χ4n) is 17.7. The molecule has 11 atom stereocenters. The number of amides is 14. The highest BCUT2D eigenvalue weighted by atomic mass is 31.2. The Morgan fingerprint density at radius 1 is 0.521 bits per heavy atom. The first kappa shape index (κ1) is 106. The highest BCUT2D eigenvalue weighted by Gasteiger charge is 2.55. The van der Waals surface area contributed by atoms with Crippen molar-refractivity contribution in [2.75, 3.05) is 65.7 Å². The molecule has 0 bridgehead atoms. The molecule has 0 radical (unpaired) electrons. The number of hydrogen-bond acceptors (Lipinski definition) is 25. The van der Waals surface area contributed by atoms with Gasteiger partial charge < -0.3 is 130 Å². The molecule has 0 saturated carbocycles. The van der Waals surface area contributed by atoms with Crippen molar-refractivity contribution < 1.29 is 120 Å². The van der Waals surface area contributed by atoms with Crippen LogP contribution >= 0.6 is 7.82 Å². The van der Waals surface area contributed by atoms with Gasteiger partial charge in [0.1, 0.15) is 102 Å². The normalized spacial score (nSPS) is 21.1. The van der Waals surface area contributed by atoms with Crippen LogP contribution in [0.5, 0.6) is 28.7 Å². The molecule has 0 aromatic heterocycles. The quantitative estimate of drug-likeness (QED) is 0.00872. The van der Waals surface area contributed by atoms with Gasteiger partial charge in [0.05, 0.1) is 31.8 Å². The Morgan fingerprint density at radius 2 is 1.04 bits per heavy atom. The van der Waals surface area contributed by atoms with Crippen molar-refractivity contribution in [3.63, 3.8) is 0 Å². The molecule has 25 N–H and O–H groups in total. The van der Waals surface area contributed by atoms with Crippen molar-refractivity contribution in [3.8, 4) is 28.7 Å². The first-order valence-corrected chi connectivity index (χ1v) is 48.2. The van der Waals surface area contributed by atoms with Crippen LogP contribution in [0.1, 0.15) is 153 Å². The molecule has 1 spiro atoms. The molecule has 45 nitrogen and oxygen atoms in total. The van der Waals surface area contributed by atoms with Gasteiger partial charge in [0, 0.05) is 85.1 Å². The van der Waals surface area contributed by atoms with Crippen molar-refractivity contribution in [3.05, 3.63) is 172 Å². The van der Waals surface area contributed by atoms with Crippen LogP contribution in [0.15, 0.2) is 133 Å². The number of nitrogens with one attached hydrogen (secondary N) is 15. The number of ether oxygens (including phenoxy) is 4. The maximum atomic E-state index is 15.2. The third-order valence-corrected chi connectivity index (χ3v) is 25.3. The van der Waals surface area contributed by atoms with E-state index < -0.39 is 206 Å². The number of guanidine groups is 2. The van der Waals surface area contributed by atoms with E-state index in [1.54, 1.807) is 91.0 Å². The van der Waals surface area contributed by atoms with E-state index in [1.165, 1.54) is 67.8 Å². The van der Waals surface area contributed by atoms with Gasteiger partial charge in [0.25, 0.3) is 5.91 Å². The molecule has 46 heteroatoms. The van der Waals surface area contributed by atoms with Gasteiger partial charge >= 0.3 is 13.8 Å². The van der Waals surface area contributed by atoms with E-state index in [0.29, 0.717) is 81.0 Å². The molecule has 5 aliphatic rings. The van der Waals surface area contributed by atoms with Crippen LogP contribution in [0, 0.1) is 16.7 Å². The summed E-state index contributed by atoms with van der Waals surface area (Å²) in [4.78, 5) is 238. The molecule has 0 aliphatic carbocycles. The summed E-state index contributed by atoms with van der Waals surface area (Å²) < 4.78 is 40.9. The minimum absolute atomic E-state index is 0.0111. The van der Waals surface area contributed by atoms with Gasteiger partial charge in [-0.15, -0.1) is 0 Å².